The van der Waals surface area contributed by atoms with Crippen molar-refractivity contribution in [3.8, 4) is 0 Å². The lowest BCUT2D eigenvalue weighted by molar-refractivity contribution is -0.117. The number of amides is 1. The molecule has 0 unspecified atom stereocenters. The summed E-state index contributed by atoms with van der Waals surface area (Å²) in [5.41, 5.74) is 2.18. The van der Waals surface area contributed by atoms with Crippen molar-refractivity contribution in [1.82, 2.24) is 9.80 Å². The summed E-state index contributed by atoms with van der Waals surface area (Å²) in [5.74, 6) is 0.0863. The normalized spacial score (nSPS) is 16.9. The first-order chi connectivity index (χ1) is 10.2. The molecule has 0 atom stereocenters. The fraction of sp³-hybridized carbons (Fsp3) is 0.588. The summed E-state index contributed by atoms with van der Waals surface area (Å²) < 4.78 is 0. The quantitative estimate of drug-likeness (QED) is 0.872. The highest BCUT2D eigenvalue weighted by Crippen LogP contribution is 2.10. The smallest absolute Gasteiger partial charge is 0.238 e. The van der Waals surface area contributed by atoms with E-state index >= 15 is 0 Å². The molecule has 1 fully saturated rings. The minimum atomic E-state index is 0.0863. The molecular weight excluding hydrogens is 262 g/mol. The zero-order valence-electron chi connectivity index (χ0n) is 13.3. The molecule has 0 aromatic heterocycles. The fourth-order valence-electron chi connectivity index (χ4n) is 2.71. The number of carbonyl (C=O) groups is 1. The van der Waals surface area contributed by atoms with Gasteiger partial charge in [-0.05, 0) is 37.1 Å². The van der Waals surface area contributed by atoms with Gasteiger partial charge in [0.25, 0.3) is 0 Å². The molecule has 0 aliphatic carbocycles. The third-order valence-electron chi connectivity index (χ3n) is 4.02. The van der Waals surface area contributed by atoms with Crippen LogP contribution in [0.4, 0.5) is 5.69 Å². The van der Waals surface area contributed by atoms with Crippen LogP contribution in [0.1, 0.15) is 25.8 Å². The zero-order chi connectivity index (χ0) is 15.1. The largest absolute Gasteiger partial charge is 0.325 e. The number of piperazine rings is 1. The highest BCUT2D eigenvalue weighted by atomic mass is 16.2. The van der Waals surface area contributed by atoms with E-state index in [1.165, 1.54) is 18.5 Å². The van der Waals surface area contributed by atoms with E-state index in [0.717, 1.165) is 38.3 Å². The maximum absolute atomic E-state index is 12.1. The van der Waals surface area contributed by atoms with Crippen LogP contribution in [-0.4, -0.2) is 55.0 Å². The molecule has 4 nitrogen and oxygen atoms in total. The Morgan fingerprint density at radius 1 is 1.05 bits per heavy atom. The molecule has 1 heterocycles. The number of hydrogen-bond acceptors (Lipinski definition) is 3. The second kappa shape index (κ2) is 8.15. The number of nitrogens with one attached hydrogen (secondary N) is 1. The Morgan fingerprint density at radius 2 is 1.67 bits per heavy atom. The van der Waals surface area contributed by atoms with Crippen LogP contribution in [-0.2, 0) is 11.2 Å². The minimum Gasteiger partial charge on any atom is -0.325 e. The van der Waals surface area contributed by atoms with Crippen LogP contribution in [0.15, 0.2) is 24.3 Å². The van der Waals surface area contributed by atoms with Crippen molar-refractivity contribution in [2.24, 2.45) is 0 Å². The summed E-state index contributed by atoms with van der Waals surface area (Å²) in [4.78, 5) is 16.8. The van der Waals surface area contributed by atoms with Gasteiger partial charge in [-0.25, -0.2) is 0 Å². The lowest BCUT2D eigenvalue weighted by atomic mass is 10.1. The van der Waals surface area contributed by atoms with Crippen LogP contribution in [0.5, 0.6) is 0 Å². The third kappa shape index (κ3) is 5.14. The first-order valence-electron chi connectivity index (χ1n) is 8.04. The molecule has 1 amide bonds. The number of carbonyl (C=O) groups excluding carboxylic acids is 1. The zero-order valence-corrected chi connectivity index (χ0v) is 13.3. The van der Waals surface area contributed by atoms with Crippen LogP contribution < -0.4 is 5.32 Å². The molecule has 4 heteroatoms. The summed E-state index contributed by atoms with van der Waals surface area (Å²) in [6.45, 7) is 10.1. The number of hydrogen-bond donors (Lipinski definition) is 1. The lowest BCUT2D eigenvalue weighted by Crippen LogP contribution is -2.48. The van der Waals surface area contributed by atoms with Gasteiger partial charge in [0.1, 0.15) is 0 Å². The minimum absolute atomic E-state index is 0.0863. The molecule has 0 radical (unpaired) electrons. The van der Waals surface area contributed by atoms with Gasteiger partial charge >= 0.3 is 0 Å². The van der Waals surface area contributed by atoms with Crippen molar-refractivity contribution in [3.63, 3.8) is 0 Å². The maximum atomic E-state index is 12.1. The fourth-order valence-corrected chi connectivity index (χ4v) is 2.71. The Kier molecular flexibility index (Phi) is 6.21. The number of aryl methyl sites for hydroxylation is 1. The summed E-state index contributed by atoms with van der Waals surface area (Å²) in [5, 5.41) is 2.98. The molecule has 0 spiro atoms. The van der Waals surface area contributed by atoms with Gasteiger partial charge in [-0.15, -0.1) is 0 Å². The molecule has 1 aromatic carbocycles. The second-order valence-electron chi connectivity index (χ2n) is 5.72. The van der Waals surface area contributed by atoms with Crippen molar-refractivity contribution < 1.29 is 4.79 Å². The van der Waals surface area contributed by atoms with Crippen molar-refractivity contribution in [2.75, 3.05) is 44.6 Å². The Hall–Kier alpha value is -1.39. The maximum Gasteiger partial charge on any atom is 0.238 e. The van der Waals surface area contributed by atoms with Crippen LogP contribution >= 0.6 is 0 Å². The van der Waals surface area contributed by atoms with Gasteiger partial charge in [0, 0.05) is 31.9 Å². The average molecular weight is 289 g/mol. The Morgan fingerprint density at radius 3 is 2.24 bits per heavy atom. The van der Waals surface area contributed by atoms with Crippen LogP contribution in [0, 0.1) is 0 Å². The molecule has 1 aliphatic heterocycles. The first-order valence-corrected chi connectivity index (χ1v) is 8.04. The van der Waals surface area contributed by atoms with E-state index in [2.05, 4.69) is 41.1 Å². The predicted octanol–water partition coefficient (Wildman–Crippen LogP) is 2.22. The molecule has 2 rings (SSSR count). The van der Waals surface area contributed by atoms with E-state index in [1.54, 1.807) is 0 Å². The summed E-state index contributed by atoms with van der Waals surface area (Å²) in [6, 6.07) is 8.10. The summed E-state index contributed by atoms with van der Waals surface area (Å²) in [6.07, 6.45) is 2.23. The Bertz CT molecular complexity index is 436. The van der Waals surface area contributed by atoms with Gasteiger partial charge in [-0.2, -0.15) is 0 Å². The average Bonchev–Trinajstić information content (AvgIpc) is 2.50. The van der Waals surface area contributed by atoms with Crippen molar-refractivity contribution >= 4 is 11.6 Å². The Balaban J connectivity index is 1.74. The SMILES string of the molecule is CCCN1CCN(CC(=O)Nc2ccc(CC)cc2)CC1. The molecule has 0 bridgehead atoms. The number of anilines is 1. The van der Waals surface area contributed by atoms with Crippen molar-refractivity contribution in [1.29, 1.82) is 0 Å². The van der Waals surface area contributed by atoms with Gasteiger partial charge in [0.15, 0.2) is 0 Å². The van der Waals surface area contributed by atoms with Gasteiger partial charge in [0.05, 0.1) is 6.54 Å². The molecule has 21 heavy (non-hydrogen) atoms. The molecule has 1 N–H and O–H groups in total. The molecule has 0 saturated carbocycles. The second-order valence-corrected chi connectivity index (χ2v) is 5.72. The summed E-state index contributed by atoms with van der Waals surface area (Å²) >= 11 is 0. The molecule has 1 aromatic rings. The number of benzene rings is 1. The van der Waals surface area contributed by atoms with Crippen LogP contribution in [0.25, 0.3) is 0 Å². The van der Waals surface area contributed by atoms with Gasteiger partial charge in [-0.1, -0.05) is 26.0 Å². The standard InChI is InChI=1S/C17H27N3O/c1-3-9-19-10-12-20(13-11-19)14-17(21)18-16-7-5-15(4-2)6-8-16/h5-8H,3-4,9-14H2,1-2H3,(H,18,21). The predicted molar refractivity (Wildman–Crippen MR) is 87.6 cm³/mol. The van der Waals surface area contributed by atoms with Crippen LogP contribution in [0.2, 0.25) is 0 Å². The van der Waals surface area contributed by atoms with E-state index in [-0.39, 0.29) is 5.91 Å². The third-order valence-corrected chi connectivity index (χ3v) is 4.02. The van der Waals surface area contributed by atoms with E-state index in [9.17, 15) is 4.79 Å². The highest BCUT2D eigenvalue weighted by molar-refractivity contribution is 5.92. The molecule has 1 aliphatic rings. The van der Waals surface area contributed by atoms with E-state index in [0.29, 0.717) is 6.54 Å². The number of rotatable bonds is 6. The Labute approximate surface area is 128 Å². The van der Waals surface area contributed by atoms with Gasteiger partial charge in [-0.3, -0.25) is 9.69 Å². The van der Waals surface area contributed by atoms with Crippen LogP contribution in [0.3, 0.4) is 0 Å². The van der Waals surface area contributed by atoms with E-state index in [4.69, 9.17) is 0 Å². The molecule has 116 valence electrons. The van der Waals surface area contributed by atoms with Crippen molar-refractivity contribution in [3.05, 3.63) is 29.8 Å². The lowest BCUT2D eigenvalue weighted by Gasteiger charge is -2.34. The van der Waals surface area contributed by atoms with Gasteiger partial charge in [0.2, 0.25) is 5.91 Å². The van der Waals surface area contributed by atoms with Crippen molar-refractivity contribution in [2.45, 2.75) is 26.7 Å². The van der Waals surface area contributed by atoms with E-state index < -0.39 is 0 Å². The first kappa shape index (κ1) is 16.0. The highest BCUT2D eigenvalue weighted by Gasteiger charge is 2.18. The molecule has 1 saturated heterocycles. The van der Waals surface area contributed by atoms with Gasteiger partial charge < -0.3 is 10.2 Å². The molecular formula is C17H27N3O. The topological polar surface area (TPSA) is 35.6 Å². The monoisotopic (exact) mass is 289 g/mol. The number of nitrogens with zero attached hydrogens (tertiary/aromatic N) is 2. The van der Waals surface area contributed by atoms with E-state index in [1.807, 2.05) is 12.1 Å². The summed E-state index contributed by atoms with van der Waals surface area (Å²) in [7, 11) is 0.